The number of ether oxygens (including phenoxy) is 9. The molecular weight excluding hydrogens is 624 g/mol. The van der Waals surface area contributed by atoms with Crippen LogP contribution in [0.2, 0.25) is 0 Å². The molecule has 2 heterocycles. The van der Waals surface area contributed by atoms with Crippen LogP contribution in [0.4, 0.5) is 0 Å². The Hall–Kier alpha value is -3.44. The fourth-order valence-electron chi connectivity index (χ4n) is 6.45. The second-order valence-electron chi connectivity index (χ2n) is 13.1. The number of hydrogen-bond acceptors (Lipinski definition) is 9. The lowest BCUT2D eigenvalue weighted by atomic mass is 9.80. The van der Waals surface area contributed by atoms with Crippen molar-refractivity contribution in [2.45, 2.75) is 89.4 Å². The van der Waals surface area contributed by atoms with Gasteiger partial charge in [0.1, 0.15) is 48.7 Å². The van der Waals surface area contributed by atoms with Gasteiger partial charge >= 0.3 is 0 Å². The normalized spacial score (nSPS) is 25.2. The summed E-state index contributed by atoms with van der Waals surface area (Å²) in [5.41, 5.74) is 2.59. The van der Waals surface area contributed by atoms with Gasteiger partial charge < -0.3 is 42.6 Å². The minimum atomic E-state index is -0.617. The molecule has 0 spiro atoms. The third-order valence-corrected chi connectivity index (χ3v) is 9.32. The Morgan fingerprint density at radius 3 is 1.94 bits per heavy atom. The van der Waals surface area contributed by atoms with Crippen LogP contribution in [0.5, 0.6) is 11.5 Å². The zero-order valence-corrected chi connectivity index (χ0v) is 29.3. The first kappa shape index (κ1) is 36.8. The van der Waals surface area contributed by atoms with Crippen molar-refractivity contribution in [2.24, 2.45) is 5.92 Å². The van der Waals surface area contributed by atoms with E-state index in [-0.39, 0.29) is 25.8 Å². The molecule has 2 aliphatic heterocycles. The Morgan fingerprint density at radius 1 is 0.755 bits per heavy atom. The van der Waals surface area contributed by atoms with Crippen molar-refractivity contribution in [3.05, 3.63) is 108 Å². The van der Waals surface area contributed by atoms with Crippen molar-refractivity contribution in [1.29, 1.82) is 0 Å². The molecule has 2 fully saturated rings. The number of methoxy groups -OCH3 is 2. The van der Waals surface area contributed by atoms with E-state index in [2.05, 4.69) is 32.6 Å². The molecule has 266 valence electrons. The summed E-state index contributed by atoms with van der Waals surface area (Å²) in [5.74, 6) is 2.41. The maximum atomic E-state index is 6.91. The third-order valence-electron chi connectivity index (χ3n) is 9.32. The van der Waals surface area contributed by atoms with Crippen LogP contribution in [0, 0.1) is 5.92 Å². The highest BCUT2D eigenvalue weighted by molar-refractivity contribution is 5.27. The van der Waals surface area contributed by atoms with Gasteiger partial charge in [-0.15, -0.1) is 0 Å². The van der Waals surface area contributed by atoms with E-state index in [1.807, 2.05) is 66.7 Å². The van der Waals surface area contributed by atoms with E-state index < -0.39 is 17.8 Å². The van der Waals surface area contributed by atoms with Crippen molar-refractivity contribution in [1.82, 2.24) is 0 Å². The summed E-state index contributed by atoms with van der Waals surface area (Å²) in [4.78, 5) is 0. The van der Waals surface area contributed by atoms with Gasteiger partial charge in [-0.2, -0.15) is 0 Å². The molecule has 2 aliphatic rings. The van der Waals surface area contributed by atoms with E-state index in [9.17, 15) is 0 Å². The molecule has 0 saturated carbocycles. The zero-order valence-electron chi connectivity index (χ0n) is 29.3. The summed E-state index contributed by atoms with van der Waals surface area (Å²) in [6, 6.07) is 25.8. The molecule has 0 bridgehead atoms. The van der Waals surface area contributed by atoms with Gasteiger partial charge in [0.05, 0.1) is 46.2 Å². The average molecular weight is 677 g/mol. The summed E-state index contributed by atoms with van der Waals surface area (Å²) in [6.45, 7) is 10.8. The maximum absolute atomic E-state index is 6.91. The molecule has 6 atom stereocenters. The number of hydrogen-bond donors (Lipinski definition) is 0. The molecule has 3 aromatic carbocycles. The molecule has 9 nitrogen and oxygen atoms in total. The summed E-state index contributed by atoms with van der Waals surface area (Å²) in [7, 11) is 3.30. The zero-order chi connectivity index (χ0) is 34.5. The molecule has 9 heteroatoms. The SMILES string of the molecule is C=C1O[C@H]2C[C@H](C)[C@H](CCCOCc3ccccc3)O[C@]2(C)C[C@H](OCOCc2ccc(OC)cc2)[C@@H]1OCOCc1ccc(OC)cc1. The summed E-state index contributed by atoms with van der Waals surface area (Å²) in [6.07, 6.45) is 2.04. The Kier molecular flexibility index (Phi) is 13.9. The average Bonchev–Trinajstić information content (AvgIpc) is 3.22. The molecule has 0 N–H and O–H groups in total. The highest BCUT2D eigenvalue weighted by atomic mass is 16.7. The molecule has 2 saturated heterocycles. The summed E-state index contributed by atoms with van der Waals surface area (Å²) >= 11 is 0. The largest absolute Gasteiger partial charge is 0.497 e. The van der Waals surface area contributed by atoms with Crippen molar-refractivity contribution in [3.8, 4) is 11.5 Å². The van der Waals surface area contributed by atoms with Crippen molar-refractivity contribution >= 4 is 0 Å². The van der Waals surface area contributed by atoms with E-state index >= 15 is 0 Å². The van der Waals surface area contributed by atoms with E-state index in [0.717, 1.165) is 41.9 Å². The van der Waals surface area contributed by atoms with Crippen LogP contribution in [0.15, 0.2) is 91.2 Å². The number of benzene rings is 3. The van der Waals surface area contributed by atoms with Gasteiger partial charge in [0.2, 0.25) is 0 Å². The second kappa shape index (κ2) is 18.5. The highest BCUT2D eigenvalue weighted by Crippen LogP contribution is 2.44. The monoisotopic (exact) mass is 676 g/mol. The van der Waals surface area contributed by atoms with Crippen LogP contribution in [0.3, 0.4) is 0 Å². The van der Waals surface area contributed by atoms with Crippen LogP contribution in [-0.4, -0.2) is 64.4 Å². The first-order valence-electron chi connectivity index (χ1n) is 17.2. The first-order valence-corrected chi connectivity index (χ1v) is 17.2. The third kappa shape index (κ3) is 10.8. The van der Waals surface area contributed by atoms with Gasteiger partial charge in [-0.25, -0.2) is 0 Å². The lowest BCUT2D eigenvalue weighted by Crippen LogP contribution is -2.53. The second-order valence-corrected chi connectivity index (χ2v) is 13.1. The molecule has 49 heavy (non-hydrogen) atoms. The van der Waals surface area contributed by atoms with Gasteiger partial charge in [0.25, 0.3) is 0 Å². The van der Waals surface area contributed by atoms with Crippen LogP contribution >= 0.6 is 0 Å². The molecular formula is C40H52O9. The highest BCUT2D eigenvalue weighted by Gasteiger charge is 2.51. The molecule has 0 radical (unpaired) electrons. The molecule has 0 unspecified atom stereocenters. The molecule has 0 aromatic heterocycles. The van der Waals surface area contributed by atoms with Crippen LogP contribution in [-0.2, 0) is 53.0 Å². The van der Waals surface area contributed by atoms with Gasteiger partial charge in [-0.1, -0.05) is 68.1 Å². The fraction of sp³-hybridized carbons (Fsp3) is 0.500. The van der Waals surface area contributed by atoms with E-state index in [0.29, 0.717) is 44.5 Å². The van der Waals surface area contributed by atoms with Crippen molar-refractivity contribution < 1.29 is 42.6 Å². The Morgan fingerprint density at radius 2 is 1.33 bits per heavy atom. The summed E-state index contributed by atoms with van der Waals surface area (Å²) < 4.78 is 54.5. The van der Waals surface area contributed by atoms with Crippen LogP contribution < -0.4 is 9.47 Å². The summed E-state index contributed by atoms with van der Waals surface area (Å²) in [5, 5.41) is 0. The maximum Gasteiger partial charge on any atom is 0.148 e. The van der Waals surface area contributed by atoms with Crippen molar-refractivity contribution in [3.63, 3.8) is 0 Å². The topological polar surface area (TPSA) is 83.1 Å². The lowest BCUT2D eigenvalue weighted by Gasteiger charge is -2.47. The van der Waals surface area contributed by atoms with Crippen LogP contribution in [0.25, 0.3) is 0 Å². The van der Waals surface area contributed by atoms with Gasteiger partial charge in [-0.05, 0) is 73.1 Å². The Labute approximate surface area is 291 Å². The predicted molar refractivity (Wildman–Crippen MR) is 186 cm³/mol. The smallest absolute Gasteiger partial charge is 0.148 e. The fourth-order valence-corrected chi connectivity index (χ4v) is 6.45. The van der Waals surface area contributed by atoms with E-state index in [1.165, 1.54) is 5.56 Å². The number of fused-ring (bicyclic) bond motifs is 1. The Balaban J connectivity index is 1.19. The van der Waals surface area contributed by atoms with Gasteiger partial charge in [0.15, 0.2) is 0 Å². The predicted octanol–water partition coefficient (Wildman–Crippen LogP) is 7.61. The molecule has 3 aromatic rings. The quantitative estimate of drug-likeness (QED) is 0.0999. The minimum absolute atomic E-state index is 0.0376. The lowest BCUT2D eigenvalue weighted by molar-refractivity contribution is -0.216. The van der Waals surface area contributed by atoms with Gasteiger partial charge in [-0.3, -0.25) is 0 Å². The van der Waals surface area contributed by atoms with Gasteiger partial charge in [0, 0.05) is 13.0 Å². The van der Waals surface area contributed by atoms with Crippen molar-refractivity contribution in [2.75, 3.05) is 34.4 Å². The Bertz CT molecular complexity index is 1400. The first-order chi connectivity index (χ1) is 23.9. The van der Waals surface area contributed by atoms with E-state index in [4.69, 9.17) is 42.6 Å². The molecule has 5 rings (SSSR count). The molecule has 0 amide bonds. The number of rotatable bonds is 18. The standard InChI is InChI=1S/C40H52O9/c1-29-22-38-40(3,49-36(29)12-9-21-43-24-31-10-7-6-8-11-31)23-37(46-27-44-25-32-13-17-34(41-4)18-14-32)39(30(2)48-38)47-28-45-26-33-15-19-35(42-5)20-16-33/h6-8,10-11,13-20,29,36-39H,2,9,12,21-28H2,1,3-5H3/t29-,36-,37-,38-,39+,40+/m0/s1. The van der Waals surface area contributed by atoms with Crippen LogP contribution in [0.1, 0.15) is 56.2 Å². The molecule has 0 aliphatic carbocycles. The van der Waals surface area contributed by atoms with E-state index in [1.54, 1.807) is 14.2 Å². The minimum Gasteiger partial charge on any atom is -0.497 e.